The Kier molecular flexibility index (Phi) is 4.01. The summed E-state index contributed by atoms with van der Waals surface area (Å²) in [6.07, 6.45) is 5.10. The summed E-state index contributed by atoms with van der Waals surface area (Å²) in [4.78, 5) is 22.5. The SMILES string of the molecule is CC(C)(C)OC(=O)N1C2COCC1CC(O)(c1cnccn1)C2. The quantitative estimate of drug-likeness (QED) is 0.843. The molecule has 7 nitrogen and oxygen atoms in total. The van der Waals surface area contributed by atoms with Crippen molar-refractivity contribution in [3.8, 4) is 0 Å². The maximum Gasteiger partial charge on any atom is 0.410 e. The van der Waals surface area contributed by atoms with Gasteiger partial charge in [-0.2, -0.15) is 0 Å². The molecule has 1 aromatic rings. The summed E-state index contributed by atoms with van der Waals surface area (Å²) in [7, 11) is 0. The molecule has 2 fully saturated rings. The smallest absolute Gasteiger partial charge is 0.410 e. The Bertz CT molecular complexity index is 558. The number of hydrogen-bond acceptors (Lipinski definition) is 6. The van der Waals surface area contributed by atoms with Gasteiger partial charge in [0.15, 0.2) is 0 Å². The lowest BCUT2D eigenvalue weighted by molar-refractivity contribution is -0.142. The predicted octanol–water partition coefficient (Wildman–Crippen LogP) is 1.46. The van der Waals surface area contributed by atoms with Crippen molar-refractivity contribution in [3.05, 3.63) is 24.3 Å². The van der Waals surface area contributed by atoms with E-state index < -0.39 is 11.2 Å². The van der Waals surface area contributed by atoms with Crippen molar-refractivity contribution in [2.45, 2.75) is 56.9 Å². The van der Waals surface area contributed by atoms with Gasteiger partial charge in [0, 0.05) is 25.2 Å². The van der Waals surface area contributed by atoms with Gasteiger partial charge < -0.3 is 14.6 Å². The van der Waals surface area contributed by atoms with E-state index in [1.54, 1.807) is 23.5 Å². The molecule has 2 atom stereocenters. The summed E-state index contributed by atoms with van der Waals surface area (Å²) >= 11 is 0. The van der Waals surface area contributed by atoms with E-state index in [2.05, 4.69) is 9.97 Å². The Labute approximate surface area is 135 Å². The number of carbonyl (C=O) groups is 1. The van der Waals surface area contributed by atoms with E-state index in [9.17, 15) is 9.90 Å². The van der Waals surface area contributed by atoms with Gasteiger partial charge in [0.2, 0.25) is 0 Å². The summed E-state index contributed by atoms with van der Waals surface area (Å²) in [6.45, 7) is 6.31. The minimum atomic E-state index is -1.09. The molecule has 3 rings (SSSR count). The molecule has 0 aliphatic carbocycles. The number of piperidine rings is 1. The van der Waals surface area contributed by atoms with Crippen LogP contribution < -0.4 is 0 Å². The van der Waals surface area contributed by atoms with Crippen LogP contribution in [-0.4, -0.2) is 57.0 Å². The summed E-state index contributed by atoms with van der Waals surface area (Å²) in [6, 6.07) is -0.464. The molecule has 23 heavy (non-hydrogen) atoms. The average molecular weight is 321 g/mol. The van der Waals surface area contributed by atoms with E-state index in [1.165, 1.54) is 0 Å². The number of amides is 1. The van der Waals surface area contributed by atoms with Crippen molar-refractivity contribution >= 4 is 6.09 Å². The Hall–Kier alpha value is -1.73. The number of morpholine rings is 1. The van der Waals surface area contributed by atoms with Crippen molar-refractivity contribution in [1.29, 1.82) is 0 Å². The second kappa shape index (κ2) is 5.72. The van der Waals surface area contributed by atoms with Gasteiger partial charge in [0.25, 0.3) is 0 Å². The van der Waals surface area contributed by atoms with Crippen LogP contribution in [0.2, 0.25) is 0 Å². The molecule has 1 amide bonds. The van der Waals surface area contributed by atoms with Gasteiger partial charge in [-0.05, 0) is 20.8 Å². The Morgan fingerprint density at radius 1 is 1.35 bits per heavy atom. The molecule has 0 radical (unpaired) electrons. The normalized spacial score (nSPS) is 30.9. The summed E-state index contributed by atoms with van der Waals surface area (Å²) in [5.74, 6) is 0. The lowest BCUT2D eigenvalue weighted by Gasteiger charge is -2.50. The Morgan fingerprint density at radius 2 is 2.00 bits per heavy atom. The van der Waals surface area contributed by atoms with E-state index >= 15 is 0 Å². The Morgan fingerprint density at radius 3 is 2.52 bits per heavy atom. The number of hydrogen-bond donors (Lipinski definition) is 1. The molecule has 2 unspecified atom stereocenters. The predicted molar refractivity (Wildman–Crippen MR) is 81.6 cm³/mol. The van der Waals surface area contributed by atoms with Crippen molar-refractivity contribution in [2.75, 3.05) is 13.2 Å². The maximum absolute atomic E-state index is 12.5. The third kappa shape index (κ3) is 3.30. The van der Waals surface area contributed by atoms with Crippen LogP contribution in [0, 0.1) is 0 Å². The highest BCUT2D eigenvalue weighted by molar-refractivity contribution is 5.69. The van der Waals surface area contributed by atoms with Crippen molar-refractivity contribution in [3.63, 3.8) is 0 Å². The van der Waals surface area contributed by atoms with Crippen molar-refractivity contribution in [2.24, 2.45) is 0 Å². The summed E-state index contributed by atoms with van der Waals surface area (Å²) < 4.78 is 11.1. The van der Waals surface area contributed by atoms with Crippen LogP contribution in [0.4, 0.5) is 4.79 Å². The van der Waals surface area contributed by atoms with Gasteiger partial charge in [-0.15, -0.1) is 0 Å². The van der Waals surface area contributed by atoms with Crippen LogP contribution in [0.3, 0.4) is 0 Å². The lowest BCUT2D eigenvalue weighted by Crippen LogP contribution is -2.63. The molecule has 126 valence electrons. The first-order valence-electron chi connectivity index (χ1n) is 7.86. The van der Waals surface area contributed by atoms with Crippen LogP contribution in [0.25, 0.3) is 0 Å². The lowest BCUT2D eigenvalue weighted by atomic mass is 9.79. The molecule has 0 spiro atoms. The van der Waals surface area contributed by atoms with Crippen LogP contribution in [0.15, 0.2) is 18.6 Å². The minimum absolute atomic E-state index is 0.232. The number of carbonyl (C=O) groups excluding carboxylic acids is 1. The molecule has 0 saturated carbocycles. The topological polar surface area (TPSA) is 84.8 Å². The first-order valence-corrected chi connectivity index (χ1v) is 7.86. The van der Waals surface area contributed by atoms with E-state index in [0.29, 0.717) is 31.7 Å². The van der Waals surface area contributed by atoms with Crippen LogP contribution >= 0.6 is 0 Å². The number of nitrogens with zero attached hydrogens (tertiary/aromatic N) is 3. The summed E-state index contributed by atoms with van der Waals surface area (Å²) in [5.41, 5.74) is -1.10. The highest BCUT2D eigenvalue weighted by Crippen LogP contribution is 2.40. The number of aromatic nitrogens is 2. The number of rotatable bonds is 1. The molecule has 2 aliphatic rings. The molecule has 1 N–H and O–H groups in total. The van der Waals surface area contributed by atoms with E-state index in [0.717, 1.165) is 0 Å². The summed E-state index contributed by atoms with van der Waals surface area (Å²) in [5, 5.41) is 11.0. The average Bonchev–Trinajstić information content (AvgIpc) is 2.45. The fourth-order valence-electron chi connectivity index (χ4n) is 3.34. The van der Waals surface area contributed by atoms with Gasteiger partial charge in [-0.25, -0.2) is 4.79 Å². The molecule has 3 heterocycles. The fourth-order valence-corrected chi connectivity index (χ4v) is 3.34. The molecule has 7 heteroatoms. The fraction of sp³-hybridized carbons (Fsp3) is 0.688. The highest BCUT2D eigenvalue weighted by Gasteiger charge is 2.50. The third-order valence-corrected chi connectivity index (χ3v) is 4.20. The largest absolute Gasteiger partial charge is 0.444 e. The number of ether oxygens (including phenoxy) is 2. The highest BCUT2D eigenvalue weighted by atomic mass is 16.6. The van der Waals surface area contributed by atoms with E-state index in [-0.39, 0.29) is 18.2 Å². The zero-order valence-corrected chi connectivity index (χ0v) is 13.7. The third-order valence-electron chi connectivity index (χ3n) is 4.20. The number of aliphatic hydroxyl groups is 1. The van der Waals surface area contributed by atoms with Gasteiger partial charge in [0.05, 0.1) is 37.2 Å². The number of fused-ring (bicyclic) bond motifs is 2. The molecule has 1 aromatic heterocycles. The molecular formula is C16H23N3O4. The first kappa shape index (κ1) is 16.1. The zero-order valence-electron chi connectivity index (χ0n) is 13.7. The molecule has 2 saturated heterocycles. The van der Waals surface area contributed by atoms with Gasteiger partial charge >= 0.3 is 6.09 Å². The second-order valence-corrected chi connectivity index (χ2v) is 7.26. The molecule has 2 bridgehead atoms. The van der Waals surface area contributed by atoms with Crippen molar-refractivity contribution < 1.29 is 19.4 Å². The minimum Gasteiger partial charge on any atom is -0.444 e. The first-order chi connectivity index (χ1) is 10.8. The standard InChI is InChI=1S/C16H23N3O4/c1-15(2,3)23-14(20)19-11-6-16(21,7-12(19)10-22-9-11)13-8-17-4-5-18-13/h4-5,8,11-12,21H,6-7,9-10H2,1-3H3. The maximum atomic E-state index is 12.5. The van der Waals surface area contributed by atoms with Crippen LogP contribution in [0.1, 0.15) is 39.3 Å². The Balaban J connectivity index is 1.82. The second-order valence-electron chi connectivity index (χ2n) is 7.26. The molecule has 2 aliphatic heterocycles. The van der Waals surface area contributed by atoms with E-state index in [4.69, 9.17) is 9.47 Å². The van der Waals surface area contributed by atoms with Crippen molar-refractivity contribution in [1.82, 2.24) is 14.9 Å². The van der Waals surface area contributed by atoms with Gasteiger partial charge in [-0.3, -0.25) is 14.9 Å². The molecular weight excluding hydrogens is 298 g/mol. The molecule has 0 aromatic carbocycles. The van der Waals surface area contributed by atoms with E-state index in [1.807, 2.05) is 20.8 Å². The van der Waals surface area contributed by atoms with Gasteiger partial charge in [0.1, 0.15) is 11.2 Å². The monoisotopic (exact) mass is 321 g/mol. The van der Waals surface area contributed by atoms with Gasteiger partial charge in [-0.1, -0.05) is 0 Å². The zero-order chi connectivity index (χ0) is 16.7. The van der Waals surface area contributed by atoms with Crippen LogP contribution in [0.5, 0.6) is 0 Å². The van der Waals surface area contributed by atoms with Crippen LogP contribution in [-0.2, 0) is 15.1 Å².